The molecule has 0 aliphatic carbocycles. The number of nitrogens with zero attached hydrogens (tertiary/aromatic N) is 2. The Hall–Kier alpha value is -2.68. The van der Waals surface area contributed by atoms with Gasteiger partial charge in [-0.05, 0) is 12.1 Å². The van der Waals surface area contributed by atoms with E-state index in [0.29, 0.717) is 22.0 Å². The van der Waals surface area contributed by atoms with E-state index in [2.05, 4.69) is 15.2 Å². The molecule has 3 rings (SSSR count). The quantitative estimate of drug-likeness (QED) is 0.747. The van der Waals surface area contributed by atoms with Gasteiger partial charge >= 0.3 is 12.1 Å². The number of carboxylic acids is 1. The number of hydrogen-bond donors (Lipinski definition) is 2. The Bertz CT molecular complexity index is 886. The van der Waals surface area contributed by atoms with E-state index in [9.17, 15) is 18.0 Å². The third-order valence-electron chi connectivity index (χ3n) is 3.31. The summed E-state index contributed by atoms with van der Waals surface area (Å²) in [6, 6.07) is 4.92. The zero-order chi connectivity index (χ0) is 17.3. The molecule has 0 saturated heterocycles. The van der Waals surface area contributed by atoms with Gasteiger partial charge in [-0.25, -0.2) is 9.78 Å². The lowest BCUT2D eigenvalue weighted by Crippen LogP contribution is -2.04. The molecule has 24 heavy (non-hydrogen) atoms. The van der Waals surface area contributed by atoms with Gasteiger partial charge in [0.2, 0.25) is 0 Å². The van der Waals surface area contributed by atoms with Crippen LogP contribution in [0.2, 0.25) is 0 Å². The van der Waals surface area contributed by atoms with Crippen molar-refractivity contribution in [3.8, 4) is 11.3 Å². The number of aromatic nitrogens is 3. The third kappa shape index (κ3) is 3.30. The fourth-order valence-corrected chi connectivity index (χ4v) is 2.98. The largest absolute Gasteiger partial charge is 0.478 e. The molecular weight excluding hydrogens is 343 g/mol. The van der Waals surface area contributed by atoms with Crippen molar-refractivity contribution in [2.75, 3.05) is 0 Å². The molecule has 2 heterocycles. The summed E-state index contributed by atoms with van der Waals surface area (Å²) in [6.07, 6.45) is -2.99. The van der Waals surface area contributed by atoms with Crippen LogP contribution in [0.4, 0.5) is 13.2 Å². The molecule has 2 N–H and O–H groups in total. The molecule has 0 aliphatic rings. The fraction of sp³-hybridized carbons (Fsp3) is 0.133. The van der Waals surface area contributed by atoms with Gasteiger partial charge in [-0.1, -0.05) is 12.1 Å². The standard InChI is InChI=1S/C15H10F3N3O2S/c16-15(17,18)9-3-1-2-8(4-9)12-7-24-13(20-12)5-11-10(14(22)23)6-19-21-11/h1-4,6-7H,5H2,(H,19,21)(H,22,23). The molecule has 2 aromatic heterocycles. The number of benzene rings is 1. The summed E-state index contributed by atoms with van der Waals surface area (Å²) in [6.45, 7) is 0. The maximum Gasteiger partial charge on any atom is 0.416 e. The van der Waals surface area contributed by atoms with Crippen LogP contribution in [0, 0.1) is 0 Å². The number of H-pyrrole nitrogens is 1. The lowest BCUT2D eigenvalue weighted by atomic mass is 10.1. The molecule has 0 atom stereocenters. The number of nitrogens with one attached hydrogen (secondary N) is 1. The number of carbonyl (C=O) groups is 1. The predicted molar refractivity (Wildman–Crippen MR) is 80.9 cm³/mol. The van der Waals surface area contributed by atoms with E-state index in [1.807, 2.05) is 0 Å². The molecule has 0 saturated carbocycles. The second-order valence-electron chi connectivity index (χ2n) is 4.95. The Morgan fingerprint density at radius 3 is 2.83 bits per heavy atom. The molecule has 0 unspecified atom stereocenters. The molecule has 0 bridgehead atoms. The van der Waals surface area contributed by atoms with Crippen molar-refractivity contribution in [1.82, 2.24) is 15.2 Å². The summed E-state index contributed by atoms with van der Waals surface area (Å²) in [5, 5.41) is 17.5. The minimum Gasteiger partial charge on any atom is -0.478 e. The number of aromatic carboxylic acids is 1. The molecule has 0 radical (unpaired) electrons. The summed E-state index contributed by atoms with van der Waals surface area (Å²) in [4.78, 5) is 15.3. The topological polar surface area (TPSA) is 78.9 Å². The van der Waals surface area contributed by atoms with Crippen LogP contribution in [0.5, 0.6) is 0 Å². The highest BCUT2D eigenvalue weighted by Crippen LogP contribution is 2.32. The van der Waals surface area contributed by atoms with E-state index in [4.69, 9.17) is 5.11 Å². The first-order valence-electron chi connectivity index (χ1n) is 6.72. The van der Waals surface area contributed by atoms with Crippen molar-refractivity contribution in [3.05, 3.63) is 57.7 Å². The lowest BCUT2D eigenvalue weighted by Gasteiger charge is -2.07. The molecule has 0 aliphatic heterocycles. The number of halogens is 3. The average Bonchev–Trinajstić information content (AvgIpc) is 3.16. The minimum atomic E-state index is -4.42. The van der Waals surface area contributed by atoms with Gasteiger partial charge in [0.05, 0.1) is 28.2 Å². The number of alkyl halides is 3. The van der Waals surface area contributed by atoms with Gasteiger partial charge in [-0.3, -0.25) is 5.10 Å². The van der Waals surface area contributed by atoms with Crippen molar-refractivity contribution < 1.29 is 23.1 Å². The summed E-state index contributed by atoms with van der Waals surface area (Å²) in [5.41, 5.74) is 0.474. The molecule has 0 spiro atoms. The first-order chi connectivity index (χ1) is 11.3. The summed E-state index contributed by atoms with van der Waals surface area (Å²) < 4.78 is 38.3. The highest BCUT2D eigenvalue weighted by atomic mass is 32.1. The Morgan fingerprint density at radius 1 is 1.33 bits per heavy atom. The second kappa shape index (κ2) is 6.08. The van der Waals surface area contributed by atoms with Crippen LogP contribution in [0.1, 0.15) is 26.6 Å². The molecule has 0 amide bonds. The van der Waals surface area contributed by atoms with Crippen molar-refractivity contribution >= 4 is 17.3 Å². The maximum absolute atomic E-state index is 12.8. The zero-order valence-electron chi connectivity index (χ0n) is 12.0. The number of rotatable bonds is 4. The first-order valence-corrected chi connectivity index (χ1v) is 7.60. The summed E-state index contributed by atoms with van der Waals surface area (Å²) in [7, 11) is 0. The van der Waals surface area contributed by atoms with Gasteiger partial charge in [0.25, 0.3) is 0 Å². The van der Waals surface area contributed by atoms with E-state index in [1.54, 1.807) is 11.4 Å². The van der Waals surface area contributed by atoms with E-state index >= 15 is 0 Å². The molecule has 5 nitrogen and oxygen atoms in total. The van der Waals surface area contributed by atoms with Gasteiger partial charge < -0.3 is 5.11 Å². The highest BCUT2D eigenvalue weighted by Gasteiger charge is 2.30. The molecule has 9 heteroatoms. The smallest absolute Gasteiger partial charge is 0.416 e. The molecule has 0 fully saturated rings. The van der Waals surface area contributed by atoms with Gasteiger partial charge in [0.1, 0.15) is 5.56 Å². The van der Waals surface area contributed by atoms with Crippen molar-refractivity contribution in [1.29, 1.82) is 0 Å². The SMILES string of the molecule is O=C(O)c1cn[nH]c1Cc1nc(-c2cccc(C(F)(F)F)c2)cs1. The van der Waals surface area contributed by atoms with Crippen molar-refractivity contribution in [2.24, 2.45) is 0 Å². The molecule has 124 valence electrons. The van der Waals surface area contributed by atoms with Crippen LogP contribution >= 0.6 is 11.3 Å². The Morgan fingerprint density at radius 2 is 2.12 bits per heavy atom. The molecule has 1 aromatic carbocycles. The lowest BCUT2D eigenvalue weighted by molar-refractivity contribution is -0.137. The Kier molecular flexibility index (Phi) is 4.10. The van der Waals surface area contributed by atoms with E-state index in [0.717, 1.165) is 12.1 Å². The number of carboxylic acid groups (broad SMARTS) is 1. The van der Waals surface area contributed by atoms with Crippen LogP contribution in [0.25, 0.3) is 11.3 Å². The van der Waals surface area contributed by atoms with Crippen LogP contribution in [-0.2, 0) is 12.6 Å². The fourth-order valence-electron chi connectivity index (χ4n) is 2.16. The van der Waals surface area contributed by atoms with Crippen LogP contribution in [0.15, 0.2) is 35.8 Å². The number of aromatic amines is 1. The highest BCUT2D eigenvalue weighted by molar-refractivity contribution is 7.10. The van der Waals surface area contributed by atoms with Gasteiger partial charge in [0, 0.05) is 17.4 Å². The Labute approximate surface area is 137 Å². The van der Waals surface area contributed by atoms with Gasteiger partial charge in [-0.15, -0.1) is 11.3 Å². The van der Waals surface area contributed by atoms with E-state index in [1.165, 1.54) is 23.6 Å². The minimum absolute atomic E-state index is 0.0471. The van der Waals surface area contributed by atoms with Gasteiger partial charge in [0.15, 0.2) is 0 Å². The van der Waals surface area contributed by atoms with Crippen LogP contribution in [-0.4, -0.2) is 26.3 Å². The second-order valence-corrected chi connectivity index (χ2v) is 5.89. The first kappa shape index (κ1) is 16.2. The predicted octanol–water partition coefficient (Wildman–Crippen LogP) is 3.84. The number of thiazole rings is 1. The average molecular weight is 353 g/mol. The van der Waals surface area contributed by atoms with Gasteiger partial charge in [-0.2, -0.15) is 18.3 Å². The number of hydrogen-bond acceptors (Lipinski definition) is 4. The monoisotopic (exact) mass is 353 g/mol. The van der Waals surface area contributed by atoms with Crippen molar-refractivity contribution in [3.63, 3.8) is 0 Å². The summed E-state index contributed by atoms with van der Waals surface area (Å²) in [5.74, 6) is -1.10. The van der Waals surface area contributed by atoms with Crippen LogP contribution < -0.4 is 0 Å². The Balaban J connectivity index is 1.86. The van der Waals surface area contributed by atoms with E-state index in [-0.39, 0.29) is 12.0 Å². The third-order valence-corrected chi connectivity index (χ3v) is 4.16. The van der Waals surface area contributed by atoms with Crippen molar-refractivity contribution in [2.45, 2.75) is 12.6 Å². The zero-order valence-corrected chi connectivity index (χ0v) is 12.8. The summed E-state index contributed by atoms with van der Waals surface area (Å²) >= 11 is 1.24. The molecule has 3 aromatic rings. The maximum atomic E-state index is 12.8. The van der Waals surface area contributed by atoms with E-state index < -0.39 is 17.7 Å². The normalized spacial score (nSPS) is 11.6. The molecular formula is C15H10F3N3O2S. The van der Waals surface area contributed by atoms with Crippen LogP contribution in [0.3, 0.4) is 0 Å².